The molecule has 4 aromatic rings. The lowest BCUT2D eigenvalue weighted by molar-refractivity contribution is -0.132. The van der Waals surface area contributed by atoms with E-state index in [-0.39, 0.29) is 5.04 Å². The summed E-state index contributed by atoms with van der Waals surface area (Å²) in [7, 11) is 3.83. The second kappa shape index (κ2) is 12.7. The van der Waals surface area contributed by atoms with E-state index in [1.54, 1.807) is 0 Å². The van der Waals surface area contributed by atoms with Crippen LogP contribution >= 0.6 is 28.5 Å². The van der Waals surface area contributed by atoms with Crippen LogP contribution in [0.15, 0.2) is 120 Å². The highest BCUT2D eigenvalue weighted by atomic mass is 33.1. The molecule has 0 saturated heterocycles. The first-order valence-corrected chi connectivity index (χ1v) is 15.4. The lowest BCUT2D eigenvalue weighted by Gasteiger charge is -2.31. The number of nitrogens with zero attached hydrogens (tertiary/aromatic N) is 2. The van der Waals surface area contributed by atoms with Crippen LogP contribution in [-0.2, 0) is 9.53 Å². The first-order valence-electron chi connectivity index (χ1n) is 11.5. The maximum atomic E-state index is 13.6. The van der Waals surface area contributed by atoms with Gasteiger partial charge in [-0.15, -0.1) is 0 Å². The molecule has 0 aliphatic carbocycles. The molecule has 0 radical (unpaired) electrons. The van der Waals surface area contributed by atoms with Crippen molar-refractivity contribution in [1.82, 2.24) is 0 Å². The number of carbonyl (C=O) groups excluding carboxylic acids is 1. The normalized spacial score (nSPS) is 11.4. The first-order chi connectivity index (χ1) is 18.1. The maximum absolute atomic E-state index is 13.6. The second-order valence-corrected chi connectivity index (χ2v) is 13.8. The van der Waals surface area contributed by atoms with E-state index in [0.717, 1.165) is 21.5 Å². The van der Waals surface area contributed by atoms with Crippen LogP contribution in [0, 0.1) is 18.3 Å². The largest absolute Gasteiger partial charge is 0.465 e. The zero-order valence-electron chi connectivity index (χ0n) is 20.4. The molecule has 4 rings (SSSR count). The van der Waals surface area contributed by atoms with E-state index in [2.05, 4.69) is 47.5 Å². The van der Waals surface area contributed by atoms with Gasteiger partial charge < -0.3 is 4.74 Å². The molecule has 7 heteroatoms. The lowest BCUT2D eigenvalue weighted by atomic mass is 10.2. The third-order valence-electron chi connectivity index (χ3n) is 5.65. The molecule has 4 nitrogen and oxygen atoms in total. The van der Waals surface area contributed by atoms with E-state index in [9.17, 15) is 10.1 Å². The predicted molar refractivity (Wildman–Crippen MR) is 161 cm³/mol. The molecule has 0 atom stereocenters. The van der Waals surface area contributed by atoms with Gasteiger partial charge in [0, 0.05) is 0 Å². The molecule has 0 spiro atoms. The Kier molecular flexibility index (Phi) is 9.09. The Hall–Kier alpha value is -3.49. The first kappa shape index (κ1) is 26.6. The molecule has 0 unspecified atom stereocenters. The van der Waals surface area contributed by atoms with Gasteiger partial charge in [-0.1, -0.05) is 109 Å². The van der Waals surface area contributed by atoms with Crippen molar-refractivity contribution in [2.75, 3.05) is 7.11 Å². The number of carbonyl (C=O) groups is 1. The smallest absolute Gasteiger partial charge is 0.346 e. The fourth-order valence-electron chi connectivity index (χ4n) is 3.95. The summed E-state index contributed by atoms with van der Waals surface area (Å²) < 4.78 is 5.91. The lowest BCUT2D eigenvalue weighted by Crippen LogP contribution is -2.32. The molecule has 0 saturated carbocycles. The third kappa shape index (κ3) is 5.92. The van der Waals surface area contributed by atoms with Gasteiger partial charge in [-0.25, -0.2) is 9.79 Å². The Morgan fingerprint density at radius 1 is 0.757 bits per heavy atom. The summed E-state index contributed by atoms with van der Waals surface area (Å²) in [5.74, 6) is -0.421. The number of ether oxygens (including phenoxy) is 1. The van der Waals surface area contributed by atoms with Crippen LogP contribution in [0.2, 0.25) is 0 Å². The van der Waals surface area contributed by atoms with Crippen molar-refractivity contribution < 1.29 is 9.53 Å². The van der Waals surface area contributed by atoms with E-state index in [4.69, 9.17) is 4.74 Å². The highest BCUT2D eigenvalue weighted by Gasteiger charge is 2.34. The average molecular weight is 541 g/mol. The summed E-state index contributed by atoms with van der Waals surface area (Å²) in [6.07, 6.45) is 0. The zero-order chi connectivity index (χ0) is 26.1. The number of hydrogen-bond acceptors (Lipinski definition) is 6. The minimum absolute atomic E-state index is 0.252. The number of aliphatic imine (C=N–C) groups is 1. The number of nitriles is 1. The summed E-state index contributed by atoms with van der Waals surface area (Å²) in [6, 6.07) is 40.1. The Morgan fingerprint density at radius 2 is 1.22 bits per heavy atom. The van der Waals surface area contributed by atoms with E-state index in [1.165, 1.54) is 28.7 Å². The molecule has 0 amide bonds. The molecule has 0 bridgehead atoms. The van der Waals surface area contributed by atoms with E-state index in [0.29, 0.717) is 10.3 Å². The molecule has 184 valence electrons. The summed E-state index contributed by atoms with van der Waals surface area (Å²) >= 11 is 0. The SMILES string of the molecule is COC(=O)C(SSC(C#N)=Nc1ccc(C)cc1)=P(c1ccccc1)(c1ccccc1)c1ccccc1. The van der Waals surface area contributed by atoms with Crippen molar-refractivity contribution in [2.45, 2.75) is 6.92 Å². The number of rotatable bonds is 7. The minimum atomic E-state index is -2.67. The number of methoxy groups -OCH3 is 1. The van der Waals surface area contributed by atoms with Crippen molar-refractivity contribution in [3.05, 3.63) is 121 Å². The quantitative estimate of drug-likeness (QED) is 0.0915. The van der Waals surface area contributed by atoms with Crippen LogP contribution in [-0.4, -0.2) is 22.7 Å². The van der Waals surface area contributed by atoms with E-state index >= 15 is 0 Å². The van der Waals surface area contributed by atoms with Crippen LogP contribution in [0.3, 0.4) is 0 Å². The number of benzene rings is 4. The van der Waals surface area contributed by atoms with Crippen LogP contribution in [0.4, 0.5) is 5.69 Å². The summed E-state index contributed by atoms with van der Waals surface area (Å²) in [5, 5.41) is 13.2. The summed E-state index contributed by atoms with van der Waals surface area (Å²) in [6.45, 7) is -0.671. The Labute approximate surface area is 225 Å². The molecule has 0 fully saturated rings. The van der Waals surface area contributed by atoms with Crippen molar-refractivity contribution in [3.63, 3.8) is 0 Å². The molecule has 0 heterocycles. The van der Waals surface area contributed by atoms with Crippen LogP contribution < -0.4 is 15.9 Å². The van der Waals surface area contributed by atoms with Gasteiger partial charge in [-0.3, -0.25) is 0 Å². The maximum Gasteiger partial charge on any atom is 0.346 e. The van der Waals surface area contributed by atoms with E-state index < -0.39 is 12.9 Å². The molecular formula is C30H25N2O2PS2. The van der Waals surface area contributed by atoms with Crippen molar-refractivity contribution >= 4 is 65.7 Å². The monoisotopic (exact) mass is 540 g/mol. The van der Waals surface area contributed by atoms with Crippen molar-refractivity contribution in [1.29, 1.82) is 5.26 Å². The molecule has 0 N–H and O–H groups in total. The fraction of sp³-hybridized carbons (Fsp3) is 0.0667. The number of aryl methyl sites for hydroxylation is 1. The van der Waals surface area contributed by atoms with Gasteiger partial charge in [0.15, 0.2) is 5.04 Å². The van der Waals surface area contributed by atoms with Gasteiger partial charge in [0.2, 0.25) is 0 Å². The predicted octanol–water partition coefficient (Wildman–Crippen LogP) is 6.23. The highest BCUT2D eigenvalue weighted by Crippen LogP contribution is 2.51. The van der Waals surface area contributed by atoms with Crippen LogP contribution in [0.1, 0.15) is 5.56 Å². The molecule has 0 aliphatic rings. The van der Waals surface area contributed by atoms with Crippen molar-refractivity contribution in [3.8, 4) is 6.07 Å². The van der Waals surface area contributed by atoms with Gasteiger partial charge in [0.25, 0.3) is 0 Å². The Bertz CT molecular complexity index is 1380. The summed E-state index contributed by atoms with van der Waals surface area (Å²) in [4.78, 5) is 18.1. The van der Waals surface area contributed by atoms with Gasteiger partial charge >= 0.3 is 5.97 Å². The topological polar surface area (TPSA) is 62.5 Å². The molecule has 0 aliphatic heterocycles. The minimum Gasteiger partial charge on any atom is -0.465 e. The molecular weight excluding hydrogens is 515 g/mol. The second-order valence-electron chi connectivity index (χ2n) is 8.01. The molecule has 4 aromatic carbocycles. The Balaban J connectivity index is 1.99. The molecule has 0 aromatic heterocycles. The highest BCUT2D eigenvalue weighted by molar-refractivity contribution is 8.89. The van der Waals surface area contributed by atoms with Gasteiger partial charge in [-0.2, -0.15) is 5.26 Å². The van der Waals surface area contributed by atoms with Gasteiger partial charge in [-0.05, 0) is 63.4 Å². The van der Waals surface area contributed by atoms with Gasteiger partial charge in [0.1, 0.15) is 10.7 Å². The fourth-order valence-corrected chi connectivity index (χ4v) is 11.9. The third-order valence-corrected chi connectivity index (χ3v) is 13.1. The zero-order valence-corrected chi connectivity index (χ0v) is 23.0. The standard InChI is InChI=1S/C30H25N2O2PS2/c1-23-18-20-24(21-19-23)32-28(22-31)36-37-30(29(33)34-2)35(25-12-6-3-7-13-25,26-14-8-4-9-15-26)27-16-10-5-11-17-27/h3-21H,1-2H3. The number of hydrogen-bond donors (Lipinski definition) is 0. The number of esters is 1. The average Bonchev–Trinajstić information content (AvgIpc) is 2.96. The van der Waals surface area contributed by atoms with Crippen LogP contribution in [0.5, 0.6) is 0 Å². The Morgan fingerprint density at radius 3 is 1.62 bits per heavy atom. The van der Waals surface area contributed by atoms with Crippen LogP contribution in [0.25, 0.3) is 0 Å². The van der Waals surface area contributed by atoms with E-state index in [1.807, 2.05) is 85.8 Å². The van der Waals surface area contributed by atoms with Gasteiger partial charge in [0.05, 0.1) is 12.8 Å². The summed E-state index contributed by atoms with van der Waals surface area (Å²) in [5.41, 5.74) is 1.80. The molecule has 37 heavy (non-hydrogen) atoms. The van der Waals surface area contributed by atoms with Crippen molar-refractivity contribution in [2.24, 2.45) is 4.99 Å².